The Morgan fingerprint density at radius 3 is 2.42 bits per heavy atom. The minimum atomic E-state index is -0.276. The summed E-state index contributed by atoms with van der Waals surface area (Å²) in [6.07, 6.45) is 0. The minimum absolute atomic E-state index is 0.276. The molecular weight excluding hydrogens is 261 g/mol. The Morgan fingerprint density at radius 2 is 1.79 bits per heavy atom. The van der Waals surface area contributed by atoms with Gasteiger partial charge in [0.15, 0.2) is 5.16 Å². The van der Waals surface area contributed by atoms with E-state index in [1.54, 1.807) is 6.07 Å². The van der Waals surface area contributed by atoms with Crippen LogP contribution in [0.1, 0.15) is 22.5 Å². The van der Waals surface area contributed by atoms with E-state index in [4.69, 9.17) is 5.73 Å². The molecule has 100 valence electrons. The number of nitrogens with two attached hydrogens (primary N) is 1. The molecule has 1 aromatic carbocycles. The van der Waals surface area contributed by atoms with E-state index < -0.39 is 0 Å². The summed E-state index contributed by atoms with van der Waals surface area (Å²) in [4.78, 5) is 8.84. The first-order chi connectivity index (χ1) is 8.97. The van der Waals surface area contributed by atoms with E-state index >= 15 is 0 Å². The van der Waals surface area contributed by atoms with Crippen LogP contribution in [0.3, 0.4) is 0 Å². The predicted molar refractivity (Wildman–Crippen MR) is 76.6 cm³/mol. The molecule has 1 heterocycles. The lowest BCUT2D eigenvalue weighted by Gasteiger charge is -2.08. The molecule has 0 bridgehead atoms. The summed E-state index contributed by atoms with van der Waals surface area (Å²) in [6.45, 7) is 5.93. The van der Waals surface area contributed by atoms with Crippen LogP contribution in [-0.4, -0.2) is 9.97 Å². The van der Waals surface area contributed by atoms with Gasteiger partial charge in [-0.15, -0.1) is 0 Å². The molecule has 0 aliphatic heterocycles. The summed E-state index contributed by atoms with van der Waals surface area (Å²) >= 11 is 1.46. The number of hydrogen-bond donors (Lipinski definition) is 1. The summed E-state index contributed by atoms with van der Waals surface area (Å²) in [5.41, 5.74) is 10.2. The van der Waals surface area contributed by atoms with Crippen LogP contribution >= 0.6 is 11.8 Å². The Balaban J connectivity index is 2.17. The van der Waals surface area contributed by atoms with Gasteiger partial charge in [0.2, 0.25) is 0 Å². The highest BCUT2D eigenvalue weighted by Crippen LogP contribution is 2.24. The first-order valence-electron chi connectivity index (χ1n) is 5.96. The van der Waals surface area contributed by atoms with Gasteiger partial charge in [-0.3, -0.25) is 0 Å². The number of aromatic nitrogens is 2. The van der Waals surface area contributed by atoms with Crippen molar-refractivity contribution in [1.29, 1.82) is 0 Å². The molecule has 0 spiro atoms. The van der Waals surface area contributed by atoms with Gasteiger partial charge in [-0.05, 0) is 50.1 Å². The summed E-state index contributed by atoms with van der Waals surface area (Å²) in [6, 6.07) is 4.40. The fraction of sp³-hybridized carbons (Fsp3) is 0.286. The molecule has 0 saturated carbocycles. The topological polar surface area (TPSA) is 51.8 Å². The van der Waals surface area contributed by atoms with Crippen LogP contribution in [0.2, 0.25) is 0 Å². The van der Waals surface area contributed by atoms with Crippen LogP contribution < -0.4 is 5.73 Å². The number of rotatable bonds is 3. The molecular formula is C14H16FN3S. The predicted octanol–water partition coefficient (Wildman–Crippen LogP) is 3.42. The molecule has 0 saturated heterocycles. The average Bonchev–Trinajstić information content (AvgIpc) is 2.37. The molecule has 5 heteroatoms. The summed E-state index contributed by atoms with van der Waals surface area (Å²) in [5.74, 6) is 0.285. The van der Waals surface area contributed by atoms with Crippen molar-refractivity contribution in [3.63, 3.8) is 0 Å². The second kappa shape index (κ2) is 5.57. The molecule has 0 fully saturated rings. The number of benzene rings is 1. The zero-order valence-electron chi connectivity index (χ0n) is 11.2. The maximum atomic E-state index is 13.2. The van der Waals surface area contributed by atoms with Crippen molar-refractivity contribution in [3.8, 4) is 0 Å². The standard InChI is InChI=1S/C14H16FN3S/c1-8-9(2)17-14(18-10(8)3)19-7-11-6-12(15)4-5-13(11)16/h4-6H,7,16H2,1-3H3. The van der Waals surface area contributed by atoms with Crippen molar-refractivity contribution in [1.82, 2.24) is 9.97 Å². The van der Waals surface area contributed by atoms with Gasteiger partial charge in [-0.2, -0.15) is 0 Å². The van der Waals surface area contributed by atoms with Crippen molar-refractivity contribution < 1.29 is 4.39 Å². The lowest BCUT2D eigenvalue weighted by molar-refractivity contribution is 0.627. The van der Waals surface area contributed by atoms with Crippen LogP contribution in [0.5, 0.6) is 0 Å². The molecule has 0 radical (unpaired) electrons. The molecule has 0 atom stereocenters. The quantitative estimate of drug-likeness (QED) is 0.530. The van der Waals surface area contributed by atoms with Crippen molar-refractivity contribution >= 4 is 17.4 Å². The zero-order valence-corrected chi connectivity index (χ0v) is 12.0. The summed E-state index contributed by atoms with van der Waals surface area (Å²) in [7, 11) is 0. The van der Waals surface area contributed by atoms with Gasteiger partial charge in [0.05, 0.1) is 0 Å². The Labute approximate surface area is 116 Å². The van der Waals surface area contributed by atoms with E-state index in [2.05, 4.69) is 9.97 Å². The Morgan fingerprint density at radius 1 is 1.16 bits per heavy atom. The van der Waals surface area contributed by atoms with Crippen molar-refractivity contribution in [2.75, 3.05) is 5.73 Å². The van der Waals surface area contributed by atoms with E-state index in [-0.39, 0.29) is 5.82 Å². The zero-order chi connectivity index (χ0) is 14.0. The number of anilines is 1. The number of aryl methyl sites for hydroxylation is 2. The number of halogens is 1. The van der Waals surface area contributed by atoms with Crippen LogP contribution in [0, 0.1) is 26.6 Å². The summed E-state index contributed by atoms with van der Waals surface area (Å²) < 4.78 is 13.2. The van der Waals surface area contributed by atoms with Crippen molar-refractivity contribution in [2.45, 2.75) is 31.7 Å². The van der Waals surface area contributed by atoms with Gasteiger partial charge in [0, 0.05) is 22.8 Å². The Bertz CT molecular complexity index is 591. The lowest BCUT2D eigenvalue weighted by Crippen LogP contribution is -1.99. The Kier molecular flexibility index (Phi) is 4.04. The van der Waals surface area contributed by atoms with E-state index in [0.29, 0.717) is 16.6 Å². The molecule has 2 N–H and O–H groups in total. The molecule has 2 rings (SSSR count). The summed E-state index contributed by atoms with van der Waals surface area (Å²) in [5, 5.41) is 0.698. The molecule has 1 aromatic heterocycles. The molecule has 0 aliphatic carbocycles. The SMILES string of the molecule is Cc1nc(SCc2cc(F)ccc2N)nc(C)c1C. The Hall–Kier alpha value is -1.62. The molecule has 19 heavy (non-hydrogen) atoms. The molecule has 2 aromatic rings. The fourth-order valence-corrected chi connectivity index (χ4v) is 2.59. The van der Waals surface area contributed by atoms with Gasteiger partial charge in [-0.25, -0.2) is 14.4 Å². The van der Waals surface area contributed by atoms with Crippen LogP contribution in [-0.2, 0) is 5.75 Å². The van der Waals surface area contributed by atoms with E-state index in [0.717, 1.165) is 22.5 Å². The van der Waals surface area contributed by atoms with Gasteiger partial charge < -0.3 is 5.73 Å². The van der Waals surface area contributed by atoms with Crippen LogP contribution in [0.15, 0.2) is 23.4 Å². The lowest BCUT2D eigenvalue weighted by atomic mass is 10.2. The fourth-order valence-electron chi connectivity index (χ4n) is 1.65. The van der Waals surface area contributed by atoms with E-state index in [1.807, 2.05) is 20.8 Å². The molecule has 0 unspecified atom stereocenters. The number of nitrogen functional groups attached to an aromatic ring is 1. The third-order valence-electron chi connectivity index (χ3n) is 3.07. The number of hydrogen-bond acceptors (Lipinski definition) is 4. The molecule has 0 amide bonds. The maximum absolute atomic E-state index is 13.2. The largest absolute Gasteiger partial charge is 0.398 e. The smallest absolute Gasteiger partial charge is 0.188 e. The van der Waals surface area contributed by atoms with Crippen LogP contribution in [0.25, 0.3) is 0 Å². The van der Waals surface area contributed by atoms with E-state index in [9.17, 15) is 4.39 Å². The number of thioether (sulfide) groups is 1. The highest BCUT2D eigenvalue weighted by Gasteiger charge is 2.07. The first kappa shape index (κ1) is 13.8. The third-order valence-corrected chi connectivity index (χ3v) is 3.97. The third kappa shape index (κ3) is 3.23. The van der Waals surface area contributed by atoms with Crippen molar-refractivity contribution in [3.05, 3.63) is 46.5 Å². The maximum Gasteiger partial charge on any atom is 0.188 e. The first-order valence-corrected chi connectivity index (χ1v) is 6.94. The van der Waals surface area contributed by atoms with Gasteiger partial charge >= 0.3 is 0 Å². The highest BCUT2D eigenvalue weighted by molar-refractivity contribution is 7.98. The van der Waals surface area contributed by atoms with E-state index in [1.165, 1.54) is 23.9 Å². The molecule has 0 aliphatic rings. The second-order valence-corrected chi connectivity index (χ2v) is 5.38. The molecule has 3 nitrogen and oxygen atoms in total. The normalized spacial score (nSPS) is 10.7. The number of nitrogens with zero attached hydrogens (tertiary/aromatic N) is 2. The monoisotopic (exact) mass is 277 g/mol. The van der Waals surface area contributed by atoms with Gasteiger partial charge in [0.1, 0.15) is 5.82 Å². The van der Waals surface area contributed by atoms with Crippen molar-refractivity contribution in [2.24, 2.45) is 0 Å². The average molecular weight is 277 g/mol. The highest BCUT2D eigenvalue weighted by atomic mass is 32.2. The van der Waals surface area contributed by atoms with Crippen LogP contribution in [0.4, 0.5) is 10.1 Å². The van der Waals surface area contributed by atoms with Gasteiger partial charge in [0.25, 0.3) is 0 Å². The minimum Gasteiger partial charge on any atom is -0.398 e. The second-order valence-electron chi connectivity index (χ2n) is 4.43. The van der Waals surface area contributed by atoms with Gasteiger partial charge in [-0.1, -0.05) is 11.8 Å².